The van der Waals surface area contributed by atoms with E-state index < -0.39 is 6.23 Å². The highest BCUT2D eigenvalue weighted by Crippen LogP contribution is 2.42. The zero-order valence-electron chi connectivity index (χ0n) is 15.4. The zero-order chi connectivity index (χ0) is 19.6. The maximum Gasteiger partial charge on any atom is 0.243 e. The number of hydrogen-bond donors (Lipinski definition) is 0. The summed E-state index contributed by atoms with van der Waals surface area (Å²) in [5.41, 5.74) is 1.41. The van der Waals surface area contributed by atoms with Crippen LogP contribution in [-0.4, -0.2) is 38.1 Å². The summed E-state index contributed by atoms with van der Waals surface area (Å²) >= 11 is 3.40. The molecule has 8 heteroatoms. The quantitative estimate of drug-likeness (QED) is 0.716. The van der Waals surface area contributed by atoms with Crippen LogP contribution in [-0.2, 0) is 9.53 Å². The Morgan fingerprint density at radius 1 is 1.07 bits per heavy atom. The Labute approximate surface area is 165 Å². The van der Waals surface area contributed by atoms with E-state index >= 15 is 0 Å². The third-order valence-corrected chi connectivity index (χ3v) is 4.56. The third-order valence-electron chi connectivity index (χ3n) is 4.03. The standard InChI is InChI=1S/C19H19BrN2O5/c1-11(23)22-19(27-18(21-22)12-5-7-14(20)8-6-12)13-9-15(24-2)17(26-4)16(10-13)25-3/h5-10,19H,1-4H3/t19-/m1/s1. The molecule has 27 heavy (non-hydrogen) atoms. The number of hydrogen-bond acceptors (Lipinski definition) is 6. The van der Waals surface area contributed by atoms with Crippen molar-refractivity contribution >= 4 is 27.7 Å². The molecule has 0 N–H and O–H groups in total. The number of carbonyl (C=O) groups is 1. The van der Waals surface area contributed by atoms with E-state index in [-0.39, 0.29) is 5.91 Å². The summed E-state index contributed by atoms with van der Waals surface area (Å²) in [6, 6.07) is 11.0. The number of benzene rings is 2. The lowest BCUT2D eigenvalue weighted by atomic mass is 10.1. The van der Waals surface area contributed by atoms with Crippen molar-refractivity contribution in [3.05, 3.63) is 52.0 Å². The first-order valence-electron chi connectivity index (χ1n) is 8.09. The van der Waals surface area contributed by atoms with Gasteiger partial charge in [-0.05, 0) is 36.4 Å². The molecule has 0 spiro atoms. The van der Waals surface area contributed by atoms with Crippen molar-refractivity contribution < 1.29 is 23.7 Å². The molecule has 0 bridgehead atoms. The Kier molecular flexibility index (Phi) is 5.55. The van der Waals surface area contributed by atoms with Gasteiger partial charge in [0.2, 0.25) is 23.8 Å². The number of methoxy groups -OCH3 is 3. The van der Waals surface area contributed by atoms with Crippen molar-refractivity contribution in [3.8, 4) is 17.2 Å². The first kappa shape index (κ1) is 19.0. The number of carbonyl (C=O) groups excluding carboxylic acids is 1. The average Bonchev–Trinajstić information content (AvgIpc) is 3.13. The molecule has 2 aromatic carbocycles. The fourth-order valence-electron chi connectivity index (χ4n) is 2.74. The second-order valence-corrected chi connectivity index (χ2v) is 6.62. The highest BCUT2D eigenvalue weighted by Gasteiger charge is 2.34. The molecule has 1 aliphatic rings. The zero-order valence-corrected chi connectivity index (χ0v) is 16.9. The van der Waals surface area contributed by atoms with Gasteiger partial charge >= 0.3 is 0 Å². The highest BCUT2D eigenvalue weighted by molar-refractivity contribution is 9.10. The van der Waals surface area contributed by atoms with Gasteiger partial charge in [-0.1, -0.05) is 15.9 Å². The van der Waals surface area contributed by atoms with Gasteiger partial charge in [-0.25, -0.2) is 0 Å². The van der Waals surface area contributed by atoms with Gasteiger partial charge in [-0.2, -0.15) is 5.01 Å². The van der Waals surface area contributed by atoms with Crippen molar-refractivity contribution in [2.75, 3.05) is 21.3 Å². The first-order chi connectivity index (χ1) is 13.0. The Morgan fingerprint density at radius 3 is 2.15 bits per heavy atom. The molecule has 0 unspecified atom stereocenters. The molecule has 0 fully saturated rings. The van der Waals surface area contributed by atoms with Gasteiger partial charge in [0.05, 0.1) is 21.3 Å². The molecule has 0 radical (unpaired) electrons. The highest BCUT2D eigenvalue weighted by atomic mass is 79.9. The van der Waals surface area contributed by atoms with Gasteiger partial charge in [-0.15, -0.1) is 5.10 Å². The lowest BCUT2D eigenvalue weighted by molar-refractivity contribution is -0.135. The van der Waals surface area contributed by atoms with Crippen LogP contribution in [0.1, 0.15) is 24.3 Å². The number of hydrazone groups is 1. The van der Waals surface area contributed by atoms with E-state index in [1.807, 2.05) is 24.3 Å². The normalized spacial score (nSPS) is 15.8. The van der Waals surface area contributed by atoms with Crippen LogP contribution in [0.4, 0.5) is 0 Å². The van der Waals surface area contributed by atoms with Crippen LogP contribution in [0.5, 0.6) is 17.2 Å². The lowest BCUT2D eigenvalue weighted by Crippen LogP contribution is -2.25. The van der Waals surface area contributed by atoms with Crippen LogP contribution in [0.2, 0.25) is 0 Å². The third kappa shape index (κ3) is 3.71. The maximum absolute atomic E-state index is 12.1. The van der Waals surface area contributed by atoms with E-state index in [1.165, 1.54) is 33.3 Å². The van der Waals surface area contributed by atoms with Gasteiger partial charge < -0.3 is 18.9 Å². The molecular formula is C19H19BrN2O5. The molecule has 142 valence electrons. The van der Waals surface area contributed by atoms with Crippen LogP contribution in [0, 0.1) is 0 Å². The maximum atomic E-state index is 12.1. The van der Waals surface area contributed by atoms with Gasteiger partial charge in [-0.3, -0.25) is 4.79 Å². The van der Waals surface area contributed by atoms with E-state index in [1.54, 1.807) is 12.1 Å². The number of nitrogens with zero attached hydrogens (tertiary/aromatic N) is 2. The summed E-state index contributed by atoms with van der Waals surface area (Å²) in [6.45, 7) is 1.43. The molecule has 0 aromatic heterocycles. The van der Waals surface area contributed by atoms with Crippen molar-refractivity contribution in [2.24, 2.45) is 5.10 Å². The summed E-state index contributed by atoms with van der Waals surface area (Å²) in [7, 11) is 4.59. The van der Waals surface area contributed by atoms with Gasteiger partial charge in [0.25, 0.3) is 0 Å². The Hall–Kier alpha value is -2.74. The molecule has 1 atom stereocenters. The predicted molar refractivity (Wildman–Crippen MR) is 103 cm³/mol. The van der Waals surface area contributed by atoms with Crippen molar-refractivity contribution in [2.45, 2.75) is 13.2 Å². The number of rotatable bonds is 5. The summed E-state index contributed by atoms with van der Waals surface area (Å²) < 4.78 is 23.1. The monoisotopic (exact) mass is 434 g/mol. The second kappa shape index (κ2) is 7.87. The Balaban J connectivity index is 2.01. The van der Waals surface area contributed by atoms with Crippen LogP contribution in [0.15, 0.2) is 46.0 Å². The first-order valence-corrected chi connectivity index (χ1v) is 8.88. The van der Waals surface area contributed by atoms with E-state index in [0.717, 1.165) is 10.0 Å². The van der Waals surface area contributed by atoms with Gasteiger partial charge in [0.15, 0.2) is 11.5 Å². The van der Waals surface area contributed by atoms with Crippen LogP contribution in [0.25, 0.3) is 0 Å². The molecule has 1 amide bonds. The molecule has 1 heterocycles. The summed E-state index contributed by atoms with van der Waals surface area (Å²) in [4.78, 5) is 12.1. The van der Waals surface area contributed by atoms with Crippen LogP contribution >= 0.6 is 15.9 Å². The largest absolute Gasteiger partial charge is 0.493 e. The predicted octanol–water partition coefficient (Wildman–Crippen LogP) is 3.71. The van der Waals surface area contributed by atoms with Crippen molar-refractivity contribution in [1.82, 2.24) is 5.01 Å². The summed E-state index contributed by atoms with van der Waals surface area (Å²) in [5, 5.41) is 5.64. The van der Waals surface area contributed by atoms with E-state index in [0.29, 0.717) is 28.7 Å². The molecule has 7 nitrogen and oxygen atoms in total. The molecule has 2 aromatic rings. The van der Waals surface area contributed by atoms with E-state index in [9.17, 15) is 4.79 Å². The molecule has 3 rings (SSSR count). The number of amides is 1. The fourth-order valence-corrected chi connectivity index (χ4v) is 3.00. The summed E-state index contributed by atoms with van der Waals surface area (Å²) in [5.74, 6) is 1.51. The molecular weight excluding hydrogens is 416 g/mol. The van der Waals surface area contributed by atoms with Gasteiger partial charge in [0.1, 0.15) is 0 Å². The van der Waals surface area contributed by atoms with Crippen LogP contribution in [0.3, 0.4) is 0 Å². The van der Waals surface area contributed by atoms with Gasteiger partial charge in [0, 0.05) is 22.5 Å². The average molecular weight is 435 g/mol. The molecule has 0 aliphatic carbocycles. The Morgan fingerprint density at radius 2 is 1.67 bits per heavy atom. The molecule has 0 saturated heterocycles. The van der Waals surface area contributed by atoms with Crippen molar-refractivity contribution in [3.63, 3.8) is 0 Å². The number of ether oxygens (including phenoxy) is 4. The second-order valence-electron chi connectivity index (χ2n) is 5.70. The minimum Gasteiger partial charge on any atom is -0.493 e. The molecule has 1 aliphatic heterocycles. The number of halogens is 1. The smallest absolute Gasteiger partial charge is 0.243 e. The van der Waals surface area contributed by atoms with Crippen molar-refractivity contribution in [1.29, 1.82) is 0 Å². The van der Waals surface area contributed by atoms with Crippen LogP contribution < -0.4 is 14.2 Å². The fraction of sp³-hybridized carbons (Fsp3) is 0.263. The van der Waals surface area contributed by atoms with E-state index in [2.05, 4.69) is 21.0 Å². The minimum atomic E-state index is -0.741. The lowest BCUT2D eigenvalue weighted by Gasteiger charge is -2.21. The molecule has 0 saturated carbocycles. The Bertz CT molecular complexity index is 857. The summed E-state index contributed by atoms with van der Waals surface area (Å²) in [6.07, 6.45) is -0.741. The SMILES string of the molecule is COc1cc([C@H]2OC(c3ccc(Br)cc3)=NN2C(C)=O)cc(OC)c1OC. The topological polar surface area (TPSA) is 69.6 Å². The van der Waals surface area contributed by atoms with E-state index in [4.69, 9.17) is 18.9 Å². The minimum absolute atomic E-state index is 0.249.